The van der Waals surface area contributed by atoms with Crippen LogP contribution in [0, 0.1) is 23.6 Å². The van der Waals surface area contributed by atoms with Gasteiger partial charge in [0.25, 0.3) is 5.91 Å². The minimum Gasteiger partial charge on any atom is -0.497 e. The highest BCUT2D eigenvalue weighted by Crippen LogP contribution is 2.53. The highest BCUT2D eigenvalue weighted by atomic mass is 19.1. The number of fused-ring (bicyclic) bond motifs is 3. The number of hydrogen-bond acceptors (Lipinski definition) is 5. The number of piperidine rings is 1. The van der Waals surface area contributed by atoms with Crippen molar-refractivity contribution < 1.29 is 28.2 Å². The van der Waals surface area contributed by atoms with Crippen LogP contribution in [0.3, 0.4) is 0 Å². The number of methoxy groups -OCH3 is 1. The van der Waals surface area contributed by atoms with Gasteiger partial charge in [0, 0.05) is 36.7 Å². The van der Waals surface area contributed by atoms with E-state index in [1.165, 1.54) is 6.07 Å². The molecule has 1 spiro atoms. The molecule has 2 saturated heterocycles. The predicted octanol–water partition coefficient (Wildman–Crippen LogP) is 3.01. The van der Waals surface area contributed by atoms with Gasteiger partial charge in [0.1, 0.15) is 17.3 Å². The fourth-order valence-electron chi connectivity index (χ4n) is 6.16. The summed E-state index contributed by atoms with van der Waals surface area (Å²) in [5.74, 6) is 1.93. The molecule has 35 heavy (non-hydrogen) atoms. The van der Waals surface area contributed by atoms with Crippen molar-refractivity contribution >= 4 is 17.5 Å². The molecular formula is C27H29FN2O5. The number of hydrogen-bond donors (Lipinski definition) is 0. The number of halogens is 1. The monoisotopic (exact) mass is 480 g/mol. The van der Waals surface area contributed by atoms with Crippen LogP contribution in [0.5, 0.6) is 11.5 Å². The number of rotatable bonds is 5. The number of benzene rings is 2. The lowest BCUT2D eigenvalue weighted by molar-refractivity contribution is -0.135. The first kappa shape index (κ1) is 22.3. The van der Waals surface area contributed by atoms with E-state index in [0.29, 0.717) is 69.0 Å². The number of nitrogens with zero attached hydrogens (tertiary/aromatic N) is 2. The lowest BCUT2D eigenvalue weighted by Gasteiger charge is -2.40. The lowest BCUT2D eigenvalue weighted by Crippen LogP contribution is -2.49. The summed E-state index contributed by atoms with van der Waals surface area (Å²) in [5.41, 5.74) is 1.24. The van der Waals surface area contributed by atoms with Crippen LogP contribution in [0.15, 0.2) is 42.5 Å². The van der Waals surface area contributed by atoms with Crippen molar-refractivity contribution in [3.05, 3.63) is 53.8 Å². The molecule has 4 aliphatic rings. The largest absolute Gasteiger partial charge is 0.497 e. The van der Waals surface area contributed by atoms with Crippen LogP contribution in [-0.4, -0.2) is 63.3 Å². The first-order chi connectivity index (χ1) is 17.0. The van der Waals surface area contributed by atoms with Crippen molar-refractivity contribution in [2.24, 2.45) is 17.8 Å². The van der Waals surface area contributed by atoms with Crippen LogP contribution in [0.25, 0.3) is 0 Å². The Labute approximate surface area is 203 Å². The molecule has 2 aromatic rings. The van der Waals surface area contributed by atoms with E-state index in [4.69, 9.17) is 14.2 Å². The minimum atomic E-state index is -0.355. The molecule has 8 heteroatoms. The van der Waals surface area contributed by atoms with Gasteiger partial charge in [-0.25, -0.2) is 4.39 Å². The van der Waals surface area contributed by atoms with Crippen molar-refractivity contribution in [1.82, 2.24) is 4.90 Å². The lowest BCUT2D eigenvalue weighted by atomic mass is 9.74. The smallest absolute Gasteiger partial charge is 0.264 e. The summed E-state index contributed by atoms with van der Waals surface area (Å²) < 4.78 is 30.6. The fourth-order valence-corrected chi connectivity index (χ4v) is 6.16. The van der Waals surface area contributed by atoms with Crippen molar-refractivity contribution in [2.75, 3.05) is 51.5 Å². The third-order valence-corrected chi connectivity index (χ3v) is 8.27. The molecule has 2 amide bonds. The minimum absolute atomic E-state index is 0.110. The van der Waals surface area contributed by atoms with Gasteiger partial charge in [-0.2, -0.15) is 0 Å². The second-order valence-corrected chi connectivity index (χ2v) is 10.1. The Morgan fingerprint density at radius 2 is 1.74 bits per heavy atom. The summed E-state index contributed by atoms with van der Waals surface area (Å²) in [6.45, 7) is 2.99. The average molecular weight is 481 g/mol. The van der Waals surface area contributed by atoms with Gasteiger partial charge >= 0.3 is 0 Å². The number of anilines is 1. The highest BCUT2D eigenvalue weighted by Gasteiger charge is 2.59. The molecule has 3 atom stereocenters. The summed E-state index contributed by atoms with van der Waals surface area (Å²) in [6.07, 6.45) is 1.41. The van der Waals surface area contributed by atoms with E-state index in [2.05, 4.69) is 0 Å². The maximum absolute atomic E-state index is 14.3. The Morgan fingerprint density at radius 1 is 1.06 bits per heavy atom. The van der Waals surface area contributed by atoms with Crippen LogP contribution < -0.4 is 14.4 Å². The van der Waals surface area contributed by atoms with Crippen molar-refractivity contribution in [1.29, 1.82) is 0 Å². The van der Waals surface area contributed by atoms with Gasteiger partial charge in [0.05, 0.1) is 20.3 Å². The van der Waals surface area contributed by atoms with Gasteiger partial charge < -0.3 is 24.0 Å². The van der Waals surface area contributed by atoms with Crippen LogP contribution in [-0.2, 0) is 19.7 Å². The zero-order valence-corrected chi connectivity index (χ0v) is 19.7. The molecule has 1 saturated carbocycles. The van der Waals surface area contributed by atoms with Crippen LogP contribution in [0.4, 0.5) is 10.1 Å². The number of likely N-dealkylation sites (tertiary alicyclic amines) is 1. The Balaban J connectivity index is 1.15. The van der Waals surface area contributed by atoms with Crippen LogP contribution in [0.1, 0.15) is 18.4 Å². The molecule has 6 rings (SSSR count). The molecule has 0 N–H and O–H groups in total. The number of carbonyl (C=O) groups excluding carboxylic acids is 2. The van der Waals surface area contributed by atoms with Gasteiger partial charge in [-0.15, -0.1) is 0 Å². The van der Waals surface area contributed by atoms with E-state index < -0.39 is 0 Å². The number of amides is 2. The Hall–Kier alpha value is -3.13. The van der Waals surface area contributed by atoms with Gasteiger partial charge in [-0.05, 0) is 72.7 Å². The van der Waals surface area contributed by atoms with Crippen LogP contribution in [0.2, 0.25) is 0 Å². The molecule has 3 heterocycles. The van der Waals surface area contributed by atoms with Gasteiger partial charge in [0.2, 0.25) is 5.91 Å². The molecule has 0 bridgehead atoms. The maximum Gasteiger partial charge on any atom is 0.264 e. The van der Waals surface area contributed by atoms with Crippen LogP contribution >= 0.6 is 0 Å². The summed E-state index contributed by atoms with van der Waals surface area (Å²) in [4.78, 5) is 29.9. The van der Waals surface area contributed by atoms with Gasteiger partial charge in [0.15, 0.2) is 6.61 Å². The normalized spacial score (nSPS) is 25.8. The standard InChI is InChI=1S/C27H29FN2O5/c1-33-18-3-5-19(6-4-18)35-15-24(31)30-16-27(22-12-17(28)2-7-23(22)30)8-10-29(11-9-27)26(32)25-20-13-34-14-21(20)25/h2-7,12,20-21,25H,8-11,13-16H2,1H3/t20-,21+,25?. The first-order valence-electron chi connectivity index (χ1n) is 12.2. The summed E-state index contributed by atoms with van der Waals surface area (Å²) in [5, 5.41) is 0. The molecule has 3 fully saturated rings. The fraction of sp³-hybridized carbons (Fsp3) is 0.481. The van der Waals surface area contributed by atoms with E-state index in [0.717, 1.165) is 11.3 Å². The van der Waals surface area contributed by atoms with E-state index in [1.54, 1.807) is 48.4 Å². The molecule has 0 aromatic heterocycles. The summed E-state index contributed by atoms with van der Waals surface area (Å²) in [6, 6.07) is 11.7. The molecule has 0 radical (unpaired) electrons. The number of ether oxygens (including phenoxy) is 3. The molecule has 184 valence electrons. The summed E-state index contributed by atoms with van der Waals surface area (Å²) >= 11 is 0. The van der Waals surface area contributed by atoms with E-state index in [-0.39, 0.29) is 35.6 Å². The van der Waals surface area contributed by atoms with E-state index >= 15 is 0 Å². The zero-order chi connectivity index (χ0) is 24.2. The maximum atomic E-state index is 14.3. The Morgan fingerprint density at radius 3 is 2.43 bits per heavy atom. The second kappa shape index (κ2) is 8.52. The molecule has 1 unspecified atom stereocenters. The first-order valence-corrected chi connectivity index (χ1v) is 12.2. The summed E-state index contributed by atoms with van der Waals surface area (Å²) in [7, 11) is 1.59. The molecule has 7 nitrogen and oxygen atoms in total. The third-order valence-electron chi connectivity index (χ3n) is 8.27. The topological polar surface area (TPSA) is 68.3 Å². The van der Waals surface area contributed by atoms with Gasteiger partial charge in [-0.3, -0.25) is 9.59 Å². The quantitative estimate of drug-likeness (QED) is 0.658. The van der Waals surface area contributed by atoms with Crippen molar-refractivity contribution in [2.45, 2.75) is 18.3 Å². The number of carbonyl (C=O) groups is 2. The van der Waals surface area contributed by atoms with Crippen molar-refractivity contribution in [3.63, 3.8) is 0 Å². The Kier molecular flexibility index (Phi) is 5.44. The van der Waals surface area contributed by atoms with Gasteiger partial charge in [-0.1, -0.05) is 0 Å². The predicted molar refractivity (Wildman–Crippen MR) is 126 cm³/mol. The molecule has 2 aromatic carbocycles. The second-order valence-electron chi connectivity index (χ2n) is 10.1. The van der Waals surface area contributed by atoms with E-state index in [1.807, 2.05) is 4.90 Å². The molecular weight excluding hydrogens is 451 g/mol. The zero-order valence-electron chi connectivity index (χ0n) is 19.7. The third kappa shape index (κ3) is 3.84. The van der Waals surface area contributed by atoms with Crippen molar-refractivity contribution in [3.8, 4) is 11.5 Å². The SMILES string of the molecule is COc1ccc(OCC(=O)N2CC3(CCN(C(=O)C4[C@H]5COC[C@@H]45)CC3)c3cc(F)ccc32)cc1. The average Bonchev–Trinajstić information content (AvgIpc) is 3.19. The molecule has 3 aliphatic heterocycles. The highest BCUT2D eigenvalue weighted by molar-refractivity contribution is 5.97. The Bertz CT molecular complexity index is 1130. The molecule has 1 aliphatic carbocycles. The van der Waals surface area contributed by atoms with E-state index in [9.17, 15) is 14.0 Å².